The largest absolute Gasteiger partial charge is 0.197 e. The van der Waals surface area contributed by atoms with Gasteiger partial charge in [-0.2, -0.15) is 15.8 Å². The number of nitrogens with zero attached hydrogens (tertiary/aromatic N) is 3. The third-order valence-corrected chi connectivity index (χ3v) is 4.39. The molecular weight excluding hydrogens is 318 g/mol. The molecular formula is C23H15N3. The predicted molar refractivity (Wildman–Crippen MR) is 99.0 cm³/mol. The highest BCUT2D eigenvalue weighted by atomic mass is 14.3. The Morgan fingerprint density at radius 2 is 0.962 bits per heavy atom. The lowest BCUT2D eigenvalue weighted by Crippen LogP contribution is -2.07. The minimum atomic E-state index is -0.555. The van der Waals surface area contributed by atoms with Crippen LogP contribution in [0.1, 0.15) is 39.7 Å². The van der Waals surface area contributed by atoms with Gasteiger partial charge < -0.3 is 0 Å². The molecule has 26 heavy (non-hydrogen) atoms. The Bertz CT molecular complexity index is 943. The first kappa shape index (κ1) is 17.0. The first-order valence-electron chi connectivity index (χ1n) is 8.22. The average Bonchev–Trinajstić information content (AvgIpc) is 2.71. The average molecular weight is 333 g/mol. The summed E-state index contributed by atoms with van der Waals surface area (Å²) in [7, 11) is 0. The third kappa shape index (κ3) is 3.18. The fourth-order valence-electron chi connectivity index (χ4n) is 3.14. The quantitative estimate of drug-likeness (QED) is 0.684. The Kier molecular flexibility index (Phi) is 5.09. The Hall–Kier alpha value is -3.87. The highest BCUT2D eigenvalue weighted by Gasteiger charge is 2.23. The molecule has 3 heteroatoms. The smallest absolute Gasteiger partial charge is 0.0998 e. The van der Waals surface area contributed by atoms with Gasteiger partial charge >= 0.3 is 0 Å². The van der Waals surface area contributed by atoms with Gasteiger partial charge in [0.1, 0.15) is 0 Å². The zero-order chi connectivity index (χ0) is 18.4. The van der Waals surface area contributed by atoms with E-state index in [0.29, 0.717) is 16.7 Å². The van der Waals surface area contributed by atoms with Crippen LogP contribution in [0.4, 0.5) is 0 Å². The van der Waals surface area contributed by atoms with E-state index in [2.05, 4.69) is 18.2 Å². The molecule has 0 fully saturated rings. The molecule has 0 aromatic heterocycles. The Labute approximate surface area is 153 Å². The summed E-state index contributed by atoms with van der Waals surface area (Å²) in [6.07, 6.45) is 0. The van der Waals surface area contributed by atoms with Crippen LogP contribution in [-0.2, 0) is 0 Å². The van der Waals surface area contributed by atoms with Gasteiger partial charge in [-0.15, -0.1) is 0 Å². The van der Waals surface area contributed by atoms with Gasteiger partial charge in [0, 0.05) is 0 Å². The first-order valence-corrected chi connectivity index (χ1v) is 8.22. The summed E-state index contributed by atoms with van der Waals surface area (Å²) in [5.74, 6) is -1.11. The third-order valence-electron chi connectivity index (χ3n) is 4.39. The Balaban J connectivity index is 2.16. The van der Waals surface area contributed by atoms with Gasteiger partial charge in [-0.05, 0) is 22.3 Å². The molecule has 0 aliphatic carbocycles. The molecule has 0 heterocycles. The Morgan fingerprint density at radius 1 is 0.538 bits per heavy atom. The van der Waals surface area contributed by atoms with E-state index in [4.69, 9.17) is 0 Å². The fraction of sp³-hybridized carbons (Fsp3) is 0.0870. The molecule has 3 aromatic carbocycles. The molecule has 0 bridgehead atoms. The molecule has 0 aliphatic rings. The van der Waals surface area contributed by atoms with E-state index in [-0.39, 0.29) is 0 Å². The van der Waals surface area contributed by atoms with Crippen LogP contribution in [0.15, 0.2) is 78.9 Å². The topological polar surface area (TPSA) is 71.4 Å². The van der Waals surface area contributed by atoms with E-state index in [1.165, 1.54) is 0 Å². The Morgan fingerprint density at radius 3 is 1.31 bits per heavy atom. The summed E-state index contributed by atoms with van der Waals surface area (Å²) in [5, 5.41) is 29.3. The summed E-state index contributed by atoms with van der Waals surface area (Å²) < 4.78 is 0. The van der Waals surface area contributed by atoms with Crippen molar-refractivity contribution in [1.82, 2.24) is 0 Å². The number of nitriles is 3. The van der Waals surface area contributed by atoms with Crippen LogP contribution in [-0.4, -0.2) is 0 Å². The van der Waals surface area contributed by atoms with Crippen LogP contribution in [0.3, 0.4) is 0 Å². The van der Waals surface area contributed by atoms with Crippen molar-refractivity contribution in [2.75, 3.05) is 0 Å². The van der Waals surface area contributed by atoms with Gasteiger partial charge in [0.05, 0.1) is 35.6 Å². The molecule has 0 spiro atoms. The van der Waals surface area contributed by atoms with Crippen LogP contribution in [0.2, 0.25) is 0 Å². The molecule has 0 amide bonds. The number of rotatable bonds is 4. The molecule has 0 saturated carbocycles. The van der Waals surface area contributed by atoms with Crippen molar-refractivity contribution in [3.63, 3.8) is 0 Å². The summed E-state index contributed by atoms with van der Waals surface area (Å²) >= 11 is 0. The first-order chi connectivity index (χ1) is 12.8. The van der Waals surface area contributed by atoms with Crippen LogP contribution in [0.5, 0.6) is 0 Å². The highest BCUT2D eigenvalue weighted by Crippen LogP contribution is 2.33. The van der Waals surface area contributed by atoms with Crippen LogP contribution in [0.25, 0.3) is 0 Å². The van der Waals surface area contributed by atoms with Crippen molar-refractivity contribution in [3.8, 4) is 18.2 Å². The number of hydrogen-bond acceptors (Lipinski definition) is 3. The summed E-state index contributed by atoms with van der Waals surface area (Å²) in [6.45, 7) is 0. The lowest BCUT2D eigenvalue weighted by atomic mass is 9.83. The summed E-state index contributed by atoms with van der Waals surface area (Å²) in [6, 6.07) is 31.0. The van der Waals surface area contributed by atoms with Gasteiger partial charge in [0.25, 0.3) is 0 Å². The van der Waals surface area contributed by atoms with Crippen molar-refractivity contribution in [2.45, 2.75) is 11.8 Å². The number of benzene rings is 3. The zero-order valence-corrected chi connectivity index (χ0v) is 14.0. The number of hydrogen-bond donors (Lipinski definition) is 0. The molecule has 122 valence electrons. The van der Waals surface area contributed by atoms with Gasteiger partial charge in [-0.25, -0.2) is 0 Å². The van der Waals surface area contributed by atoms with Crippen LogP contribution in [0, 0.1) is 34.0 Å². The minimum Gasteiger partial charge on any atom is -0.197 e. The summed E-state index contributed by atoms with van der Waals surface area (Å²) in [5.41, 5.74) is 3.33. The fourth-order valence-corrected chi connectivity index (χ4v) is 3.14. The van der Waals surface area contributed by atoms with E-state index in [9.17, 15) is 15.8 Å². The monoisotopic (exact) mass is 333 g/mol. The molecule has 0 aliphatic heterocycles. The SMILES string of the molecule is N#Cc1c([C@H](C#N)c2ccccc2)cccc1[C@H](C#N)c1ccccc1. The van der Waals surface area contributed by atoms with Crippen molar-refractivity contribution in [3.05, 3.63) is 107 Å². The molecule has 3 aromatic rings. The molecule has 0 radical (unpaired) electrons. The van der Waals surface area contributed by atoms with E-state index in [1.54, 1.807) is 12.1 Å². The van der Waals surface area contributed by atoms with Crippen molar-refractivity contribution in [2.24, 2.45) is 0 Å². The van der Waals surface area contributed by atoms with Gasteiger partial charge in [-0.3, -0.25) is 0 Å². The molecule has 2 atom stereocenters. The minimum absolute atomic E-state index is 0.401. The second-order valence-electron chi connectivity index (χ2n) is 5.87. The molecule has 0 saturated heterocycles. The molecule has 0 unspecified atom stereocenters. The van der Waals surface area contributed by atoms with E-state index < -0.39 is 11.8 Å². The van der Waals surface area contributed by atoms with Gasteiger partial charge in [0.15, 0.2) is 0 Å². The van der Waals surface area contributed by atoms with E-state index >= 15 is 0 Å². The normalized spacial score (nSPS) is 12.2. The lowest BCUT2D eigenvalue weighted by Gasteiger charge is -2.17. The van der Waals surface area contributed by atoms with Crippen molar-refractivity contribution < 1.29 is 0 Å². The maximum atomic E-state index is 9.81. The van der Waals surface area contributed by atoms with Gasteiger partial charge in [-0.1, -0.05) is 78.9 Å². The molecule has 0 N–H and O–H groups in total. The van der Waals surface area contributed by atoms with Crippen LogP contribution >= 0.6 is 0 Å². The summed E-state index contributed by atoms with van der Waals surface area (Å²) in [4.78, 5) is 0. The lowest BCUT2D eigenvalue weighted by molar-refractivity contribution is 0.984. The van der Waals surface area contributed by atoms with Crippen molar-refractivity contribution in [1.29, 1.82) is 15.8 Å². The van der Waals surface area contributed by atoms with Gasteiger partial charge in [0.2, 0.25) is 0 Å². The maximum absolute atomic E-state index is 9.81. The zero-order valence-electron chi connectivity index (χ0n) is 14.0. The second-order valence-corrected chi connectivity index (χ2v) is 5.87. The predicted octanol–water partition coefficient (Wildman–Crippen LogP) is 4.87. The van der Waals surface area contributed by atoms with Crippen molar-refractivity contribution >= 4 is 0 Å². The molecule has 3 nitrogen and oxygen atoms in total. The molecule has 3 rings (SSSR count). The standard InChI is InChI=1S/C23H15N3/c24-14-21(17-8-3-1-4-9-17)19-12-7-13-20(23(19)16-26)22(15-25)18-10-5-2-6-11-18/h1-13,21-22H/t21-,22-/m1/s1. The van der Waals surface area contributed by atoms with E-state index in [0.717, 1.165) is 11.1 Å². The second kappa shape index (κ2) is 7.80. The van der Waals surface area contributed by atoms with Crippen LogP contribution < -0.4 is 0 Å². The van der Waals surface area contributed by atoms with E-state index in [1.807, 2.05) is 66.7 Å². The maximum Gasteiger partial charge on any atom is 0.0998 e. The highest BCUT2D eigenvalue weighted by molar-refractivity contribution is 5.55.